The monoisotopic (exact) mass is 265 g/mol. The molecule has 0 bridgehead atoms. The number of anilines is 1. The minimum atomic E-state index is -0.0677. The summed E-state index contributed by atoms with van der Waals surface area (Å²) in [5, 5.41) is 2.88. The molecule has 1 aromatic carbocycles. The molecule has 1 amide bonds. The van der Waals surface area contributed by atoms with E-state index in [9.17, 15) is 4.79 Å². The second kappa shape index (κ2) is 6.43. The third-order valence-corrected chi connectivity index (χ3v) is 3.18. The number of carbonyl (C=O) groups excluding carboxylic acids is 1. The Labute approximate surface area is 112 Å². The lowest BCUT2D eigenvalue weighted by Crippen LogP contribution is -2.30. The second-order valence-electron chi connectivity index (χ2n) is 4.47. The molecular weight excluding hydrogens is 246 g/mol. The predicted octanol–water partition coefficient (Wildman–Crippen LogP) is 2.07. The van der Waals surface area contributed by atoms with Crippen LogP contribution in [0.5, 0.6) is 11.5 Å². The lowest BCUT2D eigenvalue weighted by Gasteiger charge is -2.21. The van der Waals surface area contributed by atoms with Crippen molar-refractivity contribution >= 4 is 11.6 Å². The van der Waals surface area contributed by atoms with Gasteiger partial charge >= 0.3 is 0 Å². The summed E-state index contributed by atoms with van der Waals surface area (Å²) in [6, 6.07) is 5.31. The van der Waals surface area contributed by atoms with E-state index in [4.69, 9.17) is 14.2 Å². The molecule has 1 N–H and O–H groups in total. The molecule has 1 aliphatic rings. The van der Waals surface area contributed by atoms with E-state index in [1.165, 1.54) is 0 Å². The average molecular weight is 265 g/mol. The van der Waals surface area contributed by atoms with Gasteiger partial charge in [-0.2, -0.15) is 0 Å². The number of rotatable bonds is 4. The lowest BCUT2D eigenvalue weighted by molar-refractivity contribution is -0.123. The smallest absolute Gasteiger partial charge is 0.229 e. The van der Waals surface area contributed by atoms with Gasteiger partial charge in [-0.05, 0) is 25.0 Å². The Balaban J connectivity index is 2.03. The summed E-state index contributed by atoms with van der Waals surface area (Å²) in [6.45, 7) is 1.25. The molecule has 1 unspecified atom stereocenters. The highest BCUT2D eigenvalue weighted by Crippen LogP contribution is 2.30. The van der Waals surface area contributed by atoms with E-state index in [1.807, 2.05) is 0 Å². The van der Waals surface area contributed by atoms with Gasteiger partial charge < -0.3 is 19.5 Å². The van der Waals surface area contributed by atoms with Crippen LogP contribution in [0.3, 0.4) is 0 Å². The summed E-state index contributed by atoms with van der Waals surface area (Å²) in [7, 11) is 3.15. The van der Waals surface area contributed by atoms with Crippen molar-refractivity contribution in [3.63, 3.8) is 0 Å². The van der Waals surface area contributed by atoms with E-state index in [0.717, 1.165) is 19.4 Å². The Morgan fingerprint density at radius 1 is 1.32 bits per heavy atom. The van der Waals surface area contributed by atoms with Gasteiger partial charge in [0, 0.05) is 18.4 Å². The predicted molar refractivity (Wildman–Crippen MR) is 71.7 cm³/mol. The minimum Gasteiger partial charge on any atom is -0.493 e. The Hall–Kier alpha value is -1.75. The van der Waals surface area contributed by atoms with Gasteiger partial charge in [-0.3, -0.25) is 4.79 Å². The largest absolute Gasteiger partial charge is 0.493 e. The zero-order valence-corrected chi connectivity index (χ0v) is 11.3. The minimum absolute atomic E-state index is 0.00748. The molecular formula is C14H19NO4. The van der Waals surface area contributed by atoms with Gasteiger partial charge in [-0.1, -0.05) is 0 Å². The number of hydrogen-bond acceptors (Lipinski definition) is 4. The molecule has 0 spiro atoms. The summed E-state index contributed by atoms with van der Waals surface area (Å²) in [5.74, 6) is 1.16. The highest BCUT2D eigenvalue weighted by Gasteiger charge is 2.22. The Bertz CT molecular complexity index is 441. The van der Waals surface area contributed by atoms with E-state index in [2.05, 4.69) is 5.32 Å². The first-order chi connectivity index (χ1) is 9.24. The van der Waals surface area contributed by atoms with Crippen molar-refractivity contribution in [3.8, 4) is 11.5 Å². The molecule has 1 aromatic rings. The molecule has 5 nitrogen and oxygen atoms in total. The van der Waals surface area contributed by atoms with E-state index in [0.29, 0.717) is 23.8 Å². The van der Waals surface area contributed by atoms with Crippen LogP contribution in [0.25, 0.3) is 0 Å². The molecule has 19 heavy (non-hydrogen) atoms. The molecule has 1 heterocycles. The van der Waals surface area contributed by atoms with Gasteiger partial charge in [0.15, 0.2) is 11.5 Å². The van der Waals surface area contributed by atoms with Crippen molar-refractivity contribution in [2.24, 2.45) is 5.92 Å². The molecule has 5 heteroatoms. The van der Waals surface area contributed by atoms with E-state index in [1.54, 1.807) is 32.4 Å². The quantitative estimate of drug-likeness (QED) is 0.905. The van der Waals surface area contributed by atoms with Crippen LogP contribution in [0.1, 0.15) is 12.8 Å². The zero-order chi connectivity index (χ0) is 13.7. The Morgan fingerprint density at radius 3 is 2.74 bits per heavy atom. The summed E-state index contributed by atoms with van der Waals surface area (Å²) in [4.78, 5) is 12.1. The normalized spacial score (nSPS) is 18.7. The van der Waals surface area contributed by atoms with Gasteiger partial charge in [-0.25, -0.2) is 0 Å². The Morgan fingerprint density at radius 2 is 2.11 bits per heavy atom. The number of ether oxygens (including phenoxy) is 3. The number of methoxy groups -OCH3 is 2. The third kappa shape index (κ3) is 3.38. The van der Waals surface area contributed by atoms with E-state index >= 15 is 0 Å². The van der Waals surface area contributed by atoms with Crippen LogP contribution in [0.2, 0.25) is 0 Å². The van der Waals surface area contributed by atoms with Crippen molar-refractivity contribution in [3.05, 3.63) is 18.2 Å². The fourth-order valence-corrected chi connectivity index (χ4v) is 2.11. The molecule has 0 saturated carbocycles. The van der Waals surface area contributed by atoms with Crippen molar-refractivity contribution in [2.45, 2.75) is 12.8 Å². The fraction of sp³-hybridized carbons (Fsp3) is 0.500. The number of nitrogens with one attached hydrogen (secondary N) is 1. The SMILES string of the molecule is COc1ccc(NC(=O)C2CCCOC2)cc1OC. The number of hydrogen-bond donors (Lipinski definition) is 1. The van der Waals surface area contributed by atoms with Gasteiger partial charge in [0.2, 0.25) is 5.91 Å². The number of amides is 1. The molecule has 1 aliphatic heterocycles. The zero-order valence-electron chi connectivity index (χ0n) is 11.3. The maximum atomic E-state index is 12.1. The van der Waals surface area contributed by atoms with E-state index < -0.39 is 0 Å². The van der Waals surface area contributed by atoms with Crippen LogP contribution in [0.15, 0.2) is 18.2 Å². The maximum Gasteiger partial charge on any atom is 0.229 e. The van der Waals surface area contributed by atoms with Crippen LogP contribution >= 0.6 is 0 Å². The van der Waals surface area contributed by atoms with Crippen molar-refractivity contribution in [2.75, 3.05) is 32.8 Å². The Kier molecular flexibility index (Phi) is 4.63. The van der Waals surface area contributed by atoms with Crippen LogP contribution in [-0.2, 0) is 9.53 Å². The molecule has 1 saturated heterocycles. The molecule has 1 atom stereocenters. The topological polar surface area (TPSA) is 56.8 Å². The fourth-order valence-electron chi connectivity index (χ4n) is 2.11. The van der Waals surface area contributed by atoms with Crippen LogP contribution in [0, 0.1) is 5.92 Å². The van der Waals surface area contributed by atoms with Crippen LogP contribution < -0.4 is 14.8 Å². The summed E-state index contributed by atoms with van der Waals surface area (Å²) >= 11 is 0. The van der Waals surface area contributed by atoms with E-state index in [-0.39, 0.29) is 11.8 Å². The number of benzene rings is 1. The molecule has 1 fully saturated rings. The third-order valence-electron chi connectivity index (χ3n) is 3.18. The second-order valence-corrected chi connectivity index (χ2v) is 4.47. The molecule has 0 aromatic heterocycles. The van der Waals surface area contributed by atoms with Gasteiger partial charge in [-0.15, -0.1) is 0 Å². The van der Waals surface area contributed by atoms with Gasteiger partial charge in [0.1, 0.15) is 0 Å². The highest BCUT2D eigenvalue weighted by atomic mass is 16.5. The van der Waals surface area contributed by atoms with Crippen molar-refractivity contribution < 1.29 is 19.0 Å². The highest BCUT2D eigenvalue weighted by molar-refractivity contribution is 5.93. The molecule has 0 aliphatic carbocycles. The number of carbonyl (C=O) groups is 1. The summed E-state index contributed by atoms with van der Waals surface area (Å²) in [6.07, 6.45) is 1.81. The van der Waals surface area contributed by atoms with Crippen LogP contribution in [-0.4, -0.2) is 33.3 Å². The van der Waals surface area contributed by atoms with Crippen molar-refractivity contribution in [1.82, 2.24) is 0 Å². The van der Waals surface area contributed by atoms with Gasteiger partial charge in [0.25, 0.3) is 0 Å². The summed E-state index contributed by atoms with van der Waals surface area (Å²) < 4.78 is 15.7. The van der Waals surface area contributed by atoms with Gasteiger partial charge in [0.05, 0.1) is 26.7 Å². The maximum absolute atomic E-state index is 12.1. The van der Waals surface area contributed by atoms with Crippen LogP contribution in [0.4, 0.5) is 5.69 Å². The lowest BCUT2D eigenvalue weighted by atomic mass is 10.0. The molecule has 0 radical (unpaired) electrons. The summed E-state index contributed by atoms with van der Waals surface area (Å²) in [5.41, 5.74) is 0.702. The molecule has 2 rings (SSSR count). The van der Waals surface area contributed by atoms with Crippen molar-refractivity contribution in [1.29, 1.82) is 0 Å². The average Bonchev–Trinajstić information content (AvgIpc) is 2.48. The first kappa shape index (κ1) is 13.7. The standard InChI is InChI=1S/C14H19NO4/c1-17-12-6-5-11(8-13(12)18-2)15-14(16)10-4-3-7-19-9-10/h5-6,8,10H,3-4,7,9H2,1-2H3,(H,15,16). The molecule has 104 valence electrons. The first-order valence-corrected chi connectivity index (χ1v) is 6.35. The first-order valence-electron chi connectivity index (χ1n) is 6.35.